The molecule has 0 radical (unpaired) electrons. The predicted molar refractivity (Wildman–Crippen MR) is 68.6 cm³/mol. The van der Waals surface area contributed by atoms with Crippen LogP contribution >= 0.6 is 11.6 Å². The van der Waals surface area contributed by atoms with Crippen molar-refractivity contribution in [2.75, 3.05) is 6.61 Å². The fraction of sp³-hybridized carbons (Fsp3) is 0.600. The number of nitrogens with zero attached hydrogens (tertiary/aromatic N) is 2. The lowest BCUT2D eigenvalue weighted by Crippen LogP contribution is -2.34. The third-order valence-electron chi connectivity index (χ3n) is 2.40. The van der Waals surface area contributed by atoms with E-state index in [0.29, 0.717) is 10.8 Å². The summed E-state index contributed by atoms with van der Waals surface area (Å²) < 4.78 is 27.7. The van der Waals surface area contributed by atoms with Crippen molar-refractivity contribution in [1.29, 1.82) is 0 Å². The minimum atomic E-state index is -3.60. The first-order valence-corrected chi connectivity index (χ1v) is 7.25. The Bertz CT molecular complexity index is 502. The van der Waals surface area contributed by atoms with Crippen LogP contribution in [0.15, 0.2) is 12.4 Å². The van der Waals surface area contributed by atoms with E-state index < -0.39 is 20.9 Å². The number of aromatic nitrogens is 2. The lowest BCUT2D eigenvalue weighted by atomic mass is 10.1. The van der Waals surface area contributed by atoms with Gasteiger partial charge in [-0.25, -0.2) is 23.5 Å². The number of rotatable bonds is 5. The topological polar surface area (TPSA) is 95.2 Å². The maximum absolute atomic E-state index is 11.1. The van der Waals surface area contributed by atoms with Crippen LogP contribution in [0.5, 0.6) is 0 Å². The van der Waals surface area contributed by atoms with Crippen LogP contribution in [0.25, 0.3) is 0 Å². The Morgan fingerprint density at radius 3 is 2.39 bits per heavy atom. The summed E-state index contributed by atoms with van der Waals surface area (Å²) in [6.07, 6.45) is 2.91. The third kappa shape index (κ3) is 4.16. The van der Waals surface area contributed by atoms with Crippen LogP contribution in [-0.2, 0) is 20.4 Å². The molecule has 0 fully saturated rings. The minimum absolute atomic E-state index is 0.0299. The molecule has 0 saturated carbocycles. The summed E-state index contributed by atoms with van der Waals surface area (Å²) in [6.45, 7) is 4.93. The molecule has 1 atom stereocenters. The lowest BCUT2D eigenvalue weighted by Gasteiger charge is -2.25. The van der Waals surface area contributed by atoms with E-state index in [1.807, 2.05) is 0 Å². The van der Waals surface area contributed by atoms with Crippen molar-refractivity contribution in [2.24, 2.45) is 5.14 Å². The Labute approximate surface area is 112 Å². The van der Waals surface area contributed by atoms with Gasteiger partial charge in [-0.15, -0.1) is 0 Å². The van der Waals surface area contributed by atoms with Crippen molar-refractivity contribution in [1.82, 2.24) is 9.97 Å². The molecule has 0 spiro atoms. The second kappa shape index (κ2) is 5.48. The van der Waals surface area contributed by atoms with Crippen molar-refractivity contribution in [2.45, 2.75) is 31.6 Å². The van der Waals surface area contributed by atoms with Gasteiger partial charge in [0.2, 0.25) is 10.0 Å². The lowest BCUT2D eigenvalue weighted by molar-refractivity contribution is -0.0266. The number of hydrogen-bond acceptors (Lipinski definition) is 5. The molecule has 0 aliphatic heterocycles. The van der Waals surface area contributed by atoms with E-state index in [4.69, 9.17) is 21.5 Å². The number of ether oxygens (including phenoxy) is 1. The molecule has 0 aliphatic rings. The van der Waals surface area contributed by atoms with Crippen molar-refractivity contribution < 1.29 is 13.2 Å². The Balaban J connectivity index is 2.74. The highest BCUT2D eigenvalue weighted by Gasteiger charge is 2.27. The summed E-state index contributed by atoms with van der Waals surface area (Å²) in [7, 11) is -3.60. The summed E-state index contributed by atoms with van der Waals surface area (Å²) in [5.74, 6) is 0.425. The molecule has 8 heteroatoms. The highest BCUT2D eigenvalue weighted by atomic mass is 35.5. The van der Waals surface area contributed by atoms with Gasteiger partial charge < -0.3 is 4.74 Å². The van der Waals surface area contributed by atoms with Gasteiger partial charge in [-0.3, -0.25) is 0 Å². The van der Waals surface area contributed by atoms with Gasteiger partial charge in [-0.1, -0.05) is 11.6 Å². The zero-order valence-corrected chi connectivity index (χ0v) is 12.0. The molecule has 0 unspecified atom stereocenters. The SMILES string of the molecule is C[C@@H](COC(C)(C)c1ncc(Cl)cn1)S(N)(=O)=O. The summed E-state index contributed by atoms with van der Waals surface area (Å²) >= 11 is 5.69. The van der Waals surface area contributed by atoms with E-state index in [1.54, 1.807) is 13.8 Å². The van der Waals surface area contributed by atoms with Crippen LogP contribution < -0.4 is 5.14 Å². The number of nitrogens with two attached hydrogens (primary N) is 1. The van der Waals surface area contributed by atoms with E-state index in [-0.39, 0.29) is 6.61 Å². The number of hydrogen-bond donors (Lipinski definition) is 1. The van der Waals surface area contributed by atoms with Gasteiger partial charge in [0.1, 0.15) is 5.60 Å². The van der Waals surface area contributed by atoms with Crippen LogP contribution in [0.4, 0.5) is 0 Å². The molecular weight excluding hydrogens is 278 g/mol. The van der Waals surface area contributed by atoms with Crippen molar-refractivity contribution in [3.63, 3.8) is 0 Å². The van der Waals surface area contributed by atoms with Gasteiger partial charge in [0, 0.05) is 12.4 Å². The fourth-order valence-electron chi connectivity index (χ4n) is 1.11. The normalized spacial score (nSPS) is 14.5. The molecule has 0 bridgehead atoms. The predicted octanol–water partition coefficient (Wildman–Crippen LogP) is 1.06. The van der Waals surface area contributed by atoms with Crippen LogP contribution in [0, 0.1) is 0 Å². The summed E-state index contributed by atoms with van der Waals surface area (Å²) in [6, 6.07) is 0. The van der Waals surface area contributed by atoms with Gasteiger partial charge in [-0.2, -0.15) is 0 Å². The summed E-state index contributed by atoms with van der Waals surface area (Å²) in [4.78, 5) is 8.08. The molecule has 1 aromatic heterocycles. The first kappa shape index (κ1) is 15.3. The zero-order chi connectivity index (χ0) is 14.0. The maximum Gasteiger partial charge on any atom is 0.213 e. The van der Waals surface area contributed by atoms with E-state index in [0.717, 1.165) is 0 Å². The summed E-state index contributed by atoms with van der Waals surface area (Å²) in [5.41, 5.74) is -0.816. The largest absolute Gasteiger partial charge is 0.366 e. The Morgan fingerprint density at radius 1 is 1.44 bits per heavy atom. The molecule has 1 aromatic rings. The average Bonchev–Trinajstić information content (AvgIpc) is 2.25. The van der Waals surface area contributed by atoms with Crippen LogP contribution in [0.2, 0.25) is 5.02 Å². The Kier molecular flexibility index (Phi) is 4.66. The van der Waals surface area contributed by atoms with Crippen LogP contribution in [0.3, 0.4) is 0 Å². The van der Waals surface area contributed by atoms with Gasteiger partial charge in [0.25, 0.3) is 0 Å². The molecule has 0 aliphatic carbocycles. The third-order valence-corrected chi connectivity index (χ3v) is 3.85. The molecule has 102 valence electrons. The molecule has 0 saturated heterocycles. The van der Waals surface area contributed by atoms with Gasteiger partial charge in [-0.05, 0) is 20.8 Å². The van der Waals surface area contributed by atoms with Crippen molar-refractivity contribution in [3.05, 3.63) is 23.2 Å². The number of sulfonamides is 1. The first-order valence-electron chi connectivity index (χ1n) is 5.26. The zero-order valence-electron chi connectivity index (χ0n) is 10.4. The molecule has 0 aromatic carbocycles. The van der Waals surface area contributed by atoms with Crippen molar-refractivity contribution in [3.8, 4) is 0 Å². The van der Waals surface area contributed by atoms with Crippen LogP contribution in [-0.4, -0.2) is 30.2 Å². The molecular formula is C10H16ClN3O3S. The average molecular weight is 294 g/mol. The Morgan fingerprint density at radius 2 is 1.94 bits per heavy atom. The number of halogens is 1. The minimum Gasteiger partial charge on any atom is -0.366 e. The smallest absolute Gasteiger partial charge is 0.213 e. The van der Waals surface area contributed by atoms with E-state index in [2.05, 4.69) is 9.97 Å². The molecule has 6 nitrogen and oxygen atoms in total. The first-order chi connectivity index (χ1) is 8.13. The van der Waals surface area contributed by atoms with Gasteiger partial charge in [0.15, 0.2) is 5.82 Å². The van der Waals surface area contributed by atoms with Gasteiger partial charge in [0.05, 0.1) is 16.9 Å². The molecule has 1 rings (SSSR count). The highest BCUT2D eigenvalue weighted by molar-refractivity contribution is 7.89. The monoisotopic (exact) mass is 293 g/mol. The van der Waals surface area contributed by atoms with Crippen molar-refractivity contribution >= 4 is 21.6 Å². The maximum atomic E-state index is 11.1. The Hall–Kier alpha value is -0.760. The fourth-order valence-corrected chi connectivity index (χ4v) is 1.46. The molecule has 0 amide bonds. The number of primary sulfonamides is 1. The molecule has 2 N–H and O–H groups in total. The summed E-state index contributed by atoms with van der Waals surface area (Å²) in [5, 5.41) is 4.65. The van der Waals surface area contributed by atoms with E-state index >= 15 is 0 Å². The highest BCUT2D eigenvalue weighted by Crippen LogP contribution is 2.22. The van der Waals surface area contributed by atoms with Crippen LogP contribution in [0.1, 0.15) is 26.6 Å². The second-order valence-corrected chi connectivity index (χ2v) is 6.87. The quantitative estimate of drug-likeness (QED) is 0.876. The second-order valence-electron chi connectivity index (χ2n) is 4.45. The molecule has 18 heavy (non-hydrogen) atoms. The van der Waals surface area contributed by atoms with E-state index in [1.165, 1.54) is 19.3 Å². The van der Waals surface area contributed by atoms with Gasteiger partial charge >= 0.3 is 0 Å². The van der Waals surface area contributed by atoms with E-state index in [9.17, 15) is 8.42 Å². The molecule has 1 heterocycles. The standard InChI is InChI=1S/C10H16ClN3O3S/c1-7(18(12,15)16)6-17-10(2,3)9-13-4-8(11)5-14-9/h4-5,7H,6H2,1-3H3,(H2,12,15,16)/t7-/m0/s1.